The molecule has 4 aliphatic rings. The first-order valence-corrected chi connectivity index (χ1v) is 11.5. The molecule has 2 N–H and O–H groups in total. The average molecular weight is 355 g/mol. The van der Waals surface area contributed by atoms with Gasteiger partial charge in [0.15, 0.2) is 0 Å². The van der Waals surface area contributed by atoms with Crippen LogP contribution >= 0.6 is 0 Å². The lowest BCUT2D eigenvalue weighted by molar-refractivity contribution is 0.0608. The SMILES string of the molecule is O=C(NCC1CC12CCS(=O)(=O)CC2)NC1CCCC2(CCC2)C1. The molecule has 2 amide bonds. The molecule has 0 aromatic rings. The molecule has 2 unspecified atom stereocenters. The number of hydrogen-bond acceptors (Lipinski definition) is 3. The molecule has 2 atom stereocenters. The van der Waals surface area contributed by atoms with E-state index in [9.17, 15) is 13.2 Å². The van der Waals surface area contributed by atoms with E-state index in [1.165, 1.54) is 32.1 Å². The highest BCUT2D eigenvalue weighted by Gasteiger charge is 2.55. The Bertz CT molecular complexity index is 598. The number of rotatable bonds is 3. The Morgan fingerprint density at radius 1 is 1.00 bits per heavy atom. The normalized spacial score (nSPS) is 35.2. The zero-order valence-electron chi connectivity index (χ0n) is 14.5. The van der Waals surface area contributed by atoms with Gasteiger partial charge in [-0.15, -0.1) is 0 Å². The predicted molar refractivity (Wildman–Crippen MR) is 93.5 cm³/mol. The number of amides is 2. The summed E-state index contributed by atoms with van der Waals surface area (Å²) >= 11 is 0. The number of nitrogens with one attached hydrogen (secondary N) is 2. The molecule has 24 heavy (non-hydrogen) atoms. The van der Waals surface area contributed by atoms with Crippen molar-refractivity contribution in [2.45, 2.75) is 70.3 Å². The zero-order valence-corrected chi connectivity index (χ0v) is 15.3. The van der Waals surface area contributed by atoms with Gasteiger partial charge in [-0.05, 0) is 68.1 Å². The van der Waals surface area contributed by atoms with Gasteiger partial charge < -0.3 is 10.6 Å². The van der Waals surface area contributed by atoms with Crippen LogP contribution in [0.25, 0.3) is 0 Å². The Labute approximate surface area is 145 Å². The van der Waals surface area contributed by atoms with Gasteiger partial charge in [-0.25, -0.2) is 13.2 Å². The van der Waals surface area contributed by atoms with E-state index < -0.39 is 9.84 Å². The summed E-state index contributed by atoms with van der Waals surface area (Å²) in [6.45, 7) is 0.698. The minimum Gasteiger partial charge on any atom is -0.338 e. The largest absolute Gasteiger partial charge is 0.338 e. The smallest absolute Gasteiger partial charge is 0.315 e. The van der Waals surface area contributed by atoms with Crippen molar-refractivity contribution in [2.24, 2.45) is 16.7 Å². The Hall–Kier alpha value is -0.780. The second-order valence-corrected chi connectivity index (χ2v) is 11.2. The number of hydrogen-bond donors (Lipinski definition) is 2. The van der Waals surface area contributed by atoms with Crippen molar-refractivity contribution in [1.82, 2.24) is 10.6 Å². The highest BCUT2D eigenvalue weighted by atomic mass is 32.2. The summed E-state index contributed by atoms with van der Waals surface area (Å²) in [5.41, 5.74) is 0.754. The Kier molecular flexibility index (Phi) is 4.09. The van der Waals surface area contributed by atoms with E-state index in [0.717, 1.165) is 32.1 Å². The van der Waals surface area contributed by atoms with Crippen molar-refractivity contribution in [3.05, 3.63) is 0 Å². The molecule has 1 heterocycles. The summed E-state index contributed by atoms with van der Waals surface area (Å²) in [7, 11) is -2.80. The van der Waals surface area contributed by atoms with Gasteiger partial charge in [-0.2, -0.15) is 0 Å². The van der Waals surface area contributed by atoms with Crippen LogP contribution < -0.4 is 10.6 Å². The first-order valence-electron chi connectivity index (χ1n) is 9.65. The van der Waals surface area contributed by atoms with E-state index in [-0.39, 0.29) is 11.4 Å². The quantitative estimate of drug-likeness (QED) is 0.818. The van der Waals surface area contributed by atoms with Crippen molar-refractivity contribution >= 4 is 15.9 Å². The summed E-state index contributed by atoms with van der Waals surface area (Å²) in [6, 6.07) is 0.314. The van der Waals surface area contributed by atoms with Gasteiger partial charge >= 0.3 is 6.03 Å². The molecule has 6 heteroatoms. The molecule has 5 nitrogen and oxygen atoms in total. The molecule has 0 radical (unpaired) electrons. The topological polar surface area (TPSA) is 75.3 Å². The number of carbonyl (C=O) groups excluding carboxylic acids is 1. The van der Waals surface area contributed by atoms with Gasteiger partial charge in [0.2, 0.25) is 0 Å². The highest BCUT2D eigenvalue weighted by molar-refractivity contribution is 7.91. The van der Waals surface area contributed by atoms with Crippen molar-refractivity contribution in [3.63, 3.8) is 0 Å². The van der Waals surface area contributed by atoms with E-state index in [1.54, 1.807) is 0 Å². The minimum absolute atomic E-state index is 0.0261. The van der Waals surface area contributed by atoms with Crippen molar-refractivity contribution in [1.29, 1.82) is 0 Å². The molecule has 3 aliphatic carbocycles. The molecule has 1 aliphatic heterocycles. The van der Waals surface area contributed by atoms with Gasteiger partial charge in [-0.1, -0.05) is 12.8 Å². The zero-order chi connectivity index (χ0) is 16.8. The molecular weight excluding hydrogens is 324 g/mol. The Morgan fingerprint density at radius 2 is 1.71 bits per heavy atom. The van der Waals surface area contributed by atoms with Gasteiger partial charge in [0.25, 0.3) is 0 Å². The van der Waals surface area contributed by atoms with Gasteiger partial charge in [-0.3, -0.25) is 0 Å². The molecule has 3 saturated carbocycles. The fourth-order valence-electron chi connectivity index (χ4n) is 5.43. The summed E-state index contributed by atoms with van der Waals surface area (Å²) in [5.74, 6) is 1.14. The molecule has 4 rings (SSSR count). The van der Waals surface area contributed by atoms with E-state index in [2.05, 4.69) is 10.6 Å². The van der Waals surface area contributed by atoms with Crippen LogP contribution in [-0.2, 0) is 9.84 Å². The monoisotopic (exact) mass is 354 g/mol. The van der Waals surface area contributed by atoms with Crippen molar-refractivity contribution < 1.29 is 13.2 Å². The molecular formula is C18H30N2O3S. The van der Waals surface area contributed by atoms with E-state index in [4.69, 9.17) is 0 Å². The molecule has 2 spiro atoms. The van der Waals surface area contributed by atoms with Crippen LogP contribution in [0, 0.1) is 16.7 Å². The lowest BCUT2D eigenvalue weighted by atomic mass is 9.60. The molecule has 0 aromatic carbocycles. The first kappa shape index (κ1) is 16.7. The Balaban J connectivity index is 1.19. The first-order chi connectivity index (χ1) is 11.4. The second kappa shape index (κ2) is 5.89. The lowest BCUT2D eigenvalue weighted by Gasteiger charge is -2.47. The molecule has 1 saturated heterocycles. The maximum Gasteiger partial charge on any atom is 0.315 e. The van der Waals surface area contributed by atoms with Crippen LogP contribution in [0.4, 0.5) is 4.79 Å². The maximum absolute atomic E-state index is 12.2. The standard InChI is InChI=1S/C18H30N2O3S/c21-16(20-15-3-1-4-17(12-15)5-2-6-17)19-13-14-11-18(14)7-9-24(22,23)10-8-18/h14-15H,1-13H2,(H2,19,20,21). The van der Waals surface area contributed by atoms with Crippen LogP contribution in [0.5, 0.6) is 0 Å². The summed E-state index contributed by atoms with van der Waals surface area (Å²) in [4.78, 5) is 12.2. The van der Waals surface area contributed by atoms with Crippen molar-refractivity contribution in [2.75, 3.05) is 18.1 Å². The number of urea groups is 1. The van der Waals surface area contributed by atoms with E-state index >= 15 is 0 Å². The molecule has 136 valence electrons. The fraction of sp³-hybridized carbons (Fsp3) is 0.944. The van der Waals surface area contributed by atoms with Crippen molar-refractivity contribution in [3.8, 4) is 0 Å². The Morgan fingerprint density at radius 3 is 2.38 bits per heavy atom. The third-order valence-electron chi connectivity index (χ3n) is 7.38. The third-order valence-corrected chi connectivity index (χ3v) is 9.03. The van der Waals surface area contributed by atoms with Gasteiger partial charge in [0.1, 0.15) is 9.84 Å². The maximum atomic E-state index is 12.2. The van der Waals surface area contributed by atoms with Crippen LogP contribution in [0.15, 0.2) is 0 Å². The van der Waals surface area contributed by atoms with Gasteiger partial charge in [0.05, 0.1) is 11.5 Å². The molecule has 0 bridgehead atoms. The second-order valence-electron chi connectivity index (χ2n) is 8.92. The highest BCUT2D eigenvalue weighted by Crippen LogP contribution is 2.59. The average Bonchev–Trinajstić information content (AvgIpc) is 3.21. The van der Waals surface area contributed by atoms with Crippen LogP contribution in [-0.4, -0.2) is 38.5 Å². The third kappa shape index (κ3) is 3.31. The predicted octanol–water partition coefficient (Wildman–Crippen LogP) is 2.61. The van der Waals surface area contributed by atoms with Gasteiger partial charge in [0, 0.05) is 12.6 Å². The van der Waals surface area contributed by atoms with E-state index in [0.29, 0.717) is 35.4 Å². The molecule has 0 aromatic heterocycles. The molecule has 4 fully saturated rings. The minimum atomic E-state index is -2.80. The fourth-order valence-corrected chi connectivity index (χ4v) is 7.07. The summed E-state index contributed by atoms with van der Waals surface area (Å²) in [6.07, 6.45) is 11.6. The van der Waals surface area contributed by atoms with Crippen LogP contribution in [0.2, 0.25) is 0 Å². The number of sulfone groups is 1. The lowest BCUT2D eigenvalue weighted by Crippen LogP contribution is -2.48. The summed E-state index contributed by atoms with van der Waals surface area (Å²) < 4.78 is 23.1. The number of carbonyl (C=O) groups is 1. The summed E-state index contributed by atoms with van der Waals surface area (Å²) in [5, 5.41) is 6.23. The van der Waals surface area contributed by atoms with Crippen LogP contribution in [0.1, 0.15) is 64.2 Å². The van der Waals surface area contributed by atoms with E-state index in [1.807, 2.05) is 0 Å². The van der Waals surface area contributed by atoms with Crippen LogP contribution in [0.3, 0.4) is 0 Å².